The topological polar surface area (TPSA) is 41.9 Å². The Balaban J connectivity index is 1.85. The molecule has 0 spiro atoms. The largest absolute Gasteiger partial charge is 0.573 e. The summed E-state index contributed by atoms with van der Waals surface area (Å²) < 4.78 is 46.5. The second kappa shape index (κ2) is 5.40. The summed E-state index contributed by atoms with van der Waals surface area (Å²) in [4.78, 5) is 2.17. The molecule has 22 heavy (non-hydrogen) atoms. The van der Waals surface area contributed by atoms with Crippen molar-refractivity contribution in [3.05, 3.63) is 29.8 Å². The van der Waals surface area contributed by atoms with E-state index in [1.165, 1.54) is 18.2 Å². The molecule has 0 saturated carbocycles. The van der Waals surface area contributed by atoms with Gasteiger partial charge in [-0.15, -0.1) is 13.2 Å². The van der Waals surface area contributed by atoms with Crippen molar-refractivity contribution in [2.24, 2.45) is 0 Å². The second-order valence-corrected chi connectivity index (χ2v) is 6.03. The molecular weight excluding hydrogens is 299 g/mol. The maximum Gasteiger partial charge on any atom is 0.573 e. The Bertz CT molecular complexity index is 535. The van der Waals surface area contributed by atoms with Crippen LogP contribution >= 0.6 is 0 Å². The van der Waals surface area contributed by atoms with Crippen molar-refractivity contribution in [2.75, 3.05) is 20.3 Å². The van der Waals surface area contributed by atoms with E-state index in [9.17, 15) is 18.3 Å². The first-order chi connectivity index (χ1) is 10.3. The molecule has 0 radical (unpaired) electrons. The zero-order valence-electron chi connectivity index (χ0n) is 12.1. The molecule has 1 aromatic carbocycles. The van der Waals surface area contributed by atoms with Crippen LogP contribution in [0.2, 0.25) is 0 Å². The third-order valence-corrected chi connectivity index (χ3v) is 4.52. The van der Waals surface area contributed by atoms with E-state index < -0.39 is 12.0 Å². The summed E-state index contributed by atoms with van der Waals surface area (Å²) in [6, 6.07) is 5.74. The minimum absolute atomic E-state index is 0.0599. The molecule has 0 aromatic heterocycles. The van der Waals surface area contributed by atoms with Crippen molar-refractivity contribution >= 4 is 0 Å². The molecule has 2 aliphatic heterocycles. The average molecular weight is 317 g/mol. The molecule has 122 valence electrons. The highest BCUT2D eigenvalue weighted by Gasteiger charge is 2.45. The summed E-state index contributed by atoms with van der Waals surface area (Å²) in [6.07, 6.45) is -3.89. The van der Waals surface area contributed by atoms with Gasteiger partial charge in [0.1, 0.15) is 5.75 Å². The van der Waals surface area contributed by atoms with Gasteiger partial charge in [0, 0.05) is 12.1 Å². The molecule has 0 aliphatic carbocycles. The number of hydrogen-bond acceptors (Lipinski definition) is 4. The molecule has 0 amide bonds. The first-order valence-corrected chi connectivity index (χ1v) is 7.15. The number of ether oxygens (including phenoxy) is 2. The number of alkyl halides is 3. The van der Waals surface area contributed by atoms with E-state index in [0.717, 1.165) is 0 Å². The standard InChI is InChI=1S/C15H18F3NO3/c1-19-11-6-14(20,7-12(19)9-21-8-11)10-3-2-4-13(5-10)22-15(16,17)18/h2-5,11-12,20H,6-9H2,1H3. The van der Waals surface area contributed by atoms with E-state index in [1.54, 1.807) is 6.07 Å². The van der Waals surface area contributed by atoms with Crippen molar-refractivity contribution in [2.45, 2.75) is 36.9 Å². The van der Waals surface area contributed by atoms with Crippen LogP contribution in [0.3, 0.4) is 0 Å². The summed E-state index contributed by atoms with van der Waals surface area (Å²) in [7, 11) is 1.99. The van der Waals surface area contributed by atoms with Gasteiger partial charge in [0.15, 0.2) is 0 Å². The lowest BCUT2D eigenvalue weighted by molar-refractivity contribution is -0.274. The zero-order valence-corrected chi connectivity index (χ0v) is 12.1. The van der Waals surface area contributed by atoms with Crippen LogP contribution in [0.1, 0.15) is 18.4 Å². The lowest BCUT2D eigenvalue weighted by Crippen LogP contribution is -2.59. The number of piperidine rings is 1. The zero-order chi connectivity index (χ0) is 16.0. The number of aliphatic hydroxyl groups is 1. The number of hydrogen-bond donors (Lipinski definition) is 1. The number of rotatable bonds is 2. The van der Waals surface area contributed by atoms with E-state index in [2.05, 4.69) is 9.64 Å². The molecule has 2 atom stereocenters. The molecular formula is C15H18F3NO3. The summed E-state index contributed by atoms with van der Waals surface area (Å²) in [5.41, 5.74) is -0.699. The fraction of sp³-hybridized carbons (Fsp3) is 0.600. The Morgan fingerprint density at radius 1 is 1.27 bits per heavy atom. The van der Waals surface area contributed by atoms with Crippen molar-refractivity contribution in [3.8, 4) is 5.75 Å². The van der Waals surface area contributed by atoms with Crippen LogP contribution in [0, 0.1) is 0 Å². The van der Waals surface area contributed by atoms with E-state index in [1.807, 2.05) is 7.05 Å². The number of nitrogens with zero attached hydrogens (tertiary/aromatic N) is 1. The third-order valence-electron chi connectivity index (χ3n) is 4.52. The average Bonchev–Trinajstić information content (AvgIpc) is 2.39. The SMILES string of the molecule is CN1C2COCC1CC(O)(c1cccc(OC(F)(F)F)c1)C2. The van der Waals surface area contributed by atoms with E-state index in [0.29, 0.717) is 31.6 Å². The molecule has 1 aromatic rings. The van der Waals surface area contributed by atoms with E-state index in [4.69, 9.17) is 4.74 Å². The highest BCUT2D eigenvalue weighted by Crippen LogP contribution is 2.41. The number of benzene rings is 1. The Morgan fingerprint density at radius 2 is 1.91 bits per heavy atom. The van der Waals surface area contributed by atoms with Gasteiger partial charge in [0.2, 0.25) is 0 Å². The van der Waals surface area contributed by atoms with Crippen LogP contribution in [0.25, 0.3) is 0 Å². The minimum Gasteiger partial charge on any atom is -0.406 e. The Labute approximate surface area is 126 Å². The van der Waals surface area contributed by atoms with Gasteiger partial charge >= 0.3 is 6.36 Å². The van der Waals surface area contributed by atoms with Crippen LogP contribution in [0.5, 0.6) is 5.75 Å². The molecule has 1 N–H and O–H groups in total. The quantitative estimate of drug-likeness (QED) is 0.908. The summed E-state index contributed by atoms with van der Waals surface area (Å²) >= 11 is 0. The smallest absolute Gasteiger partial charge is 0.406 e. The third kappa shape index (κ3) is 3.06. The van der Waals surface area contributed by atoms with Crippen LogP contribution in [-0.4, -0.2) is 48.7 Å². The highest BCUT2D eigenvalue weighted by atomic mass is 19.4. The number of halogens is 3. The van der Waals surface area contributed by atoms with Gasteiger partial charge in [0.05, 0.1) is 18.8 Å². The fourth-order valence-corrected chi connectivity index (χ4v) is 3.36. The molecule has 2 unspecified atom stereocenters. The first-order valence-electron chi connectivity index (χ1n) is 7.15. The second-order valence-electron chi connectivity index (χ2n) is 6.03. The predicted molar refractivity (Wildman–Crippen MR) is 72.4 cm³/mol. The van der Waals surface area contributed by atoms with Gasteiger partial charge in [-0.2, -0.15) is 0 Å². The monoisotopic (exact) mass is 317 g/mol. The van der Waals surface area contributed by atoms with Gasteiger partial charge in [-0.25, -0.2) is 0 Å². The fourth-order valence-electron chi connectivity index (χ4n) is 3.36. The Morgan fingerprint density at radius 3 is 2.50 bits per heavy atom. The minimum atomic E-state index is -4.74. The van der Waals surface area contributed by atoms with Gasteiger partial charge in [-0.1, -0.05) is 12.1 Å². The Hall–Kier alpha value is -1.31. The lowest BCUT2D eigenvalue weighted by atomic mass is 9.77. The summed E-state index contributed by atoms with van der Waals surface area (Å²) in [6.45, 7) is 1.04. The molecule has 7 heteroatoms. The molecule has 2 aliphatic rings. The van der Waals surface area contributed by atoms with Gasteiger partial charge < -0.3 is 14.6 Å². The summed E-state index contributed by atoms with van der Waals surface area (Å²) in [5, 5.41) is 11.0. The van der Waals surface area contributed by atoms with Crippen molar-refractivity contribution in [1.82, 2.24) is 4.90 Å². The van der Waals surface area contributed by atoms with Gasteiger partial charge in [0.25, 0.3) is 0 Å². The predicted octanol–water partition coefficient (Wildman–Crippen LogP) is 2.27. The first kappa shape index (κ1) is 15.6. The normalized spacial score (nSPS) is 32.8. The van der Waals surface area contributed by atoms with Gasteiger partial charge in [-0.05, 0) is 37.6 Å². The van der Waals surface area contributed by atoms with E-state index >= 15 is 0 Å². The molecule has 4 nitrogen and oxygen atoms in total. The molecule has 2 fully saturated rings. The molecule has 2 saturated heterocycles. The summed E-state index contributed by atoms with van der Waals surface area (Å²) in [5.74, 6) is -0.307. The Kier molecular flexibility index (Phi) is 3.82. The van der Waals surface area contributed by atoms with Crippen LogP contribution in [0.15, 0.2) is 24.3 Å². The molecule has 3 rings (SSSR count). The lowest BCUT2D eigenvalue weighted by Gasteiger charge is -2.50. The molecule has 2 heterocycles. The van der Waals surface area contributed by atoms with Crippen LogP contribution in [0.4, 0.5) is 13.2 Å². The van der Waals surface area contributed by atoms with Gasteiger partial charge in [-0.3, -0.25) is 4.90 Å². The number of fused-ring (bicyclic) bond motifs is 2. The number of morpholine rings is 1. The molecule has 2 bridgehead atoms. The van der Waals surface area contributed by atoms with Crippen molar-refractivity contribution in [1.29, 1.82) is 0 Å². The highest BCUT2D eigenvalue weighted by molar-refractivity contribution is 5.33. The van der Waals surface area contributed by atoms with Crippen LogP contribution < -0.4 is 4.74 Å². The van der Waals surface area contributed by atoms with Crippen LogP contribution in [-0.2, 0) is 10.3 Å². The van der Waals surface area contributed by atoms with Crippen molar-refractivity contribution < 1.29 is 27.8 Å². The maximum atomic E-state index is 12.3. The van der Waals surface area contributed by atoms with E-state index in [-0.39, 0.29) is 17.8 Å². The number of likely N-dealkylation sites (N-methyl/N-ethyl adjacent to an activating group) is 1. The van der Waals surface area contributed by atoms with Crippen molar-refractivity contribution in [3.63, 3.8) is 0 Å². The maximum absolute atomic E-state index is 12.3.